The Bertz CT molecular complexity index is 347. The average Bonchev–Trinajstić information content (AvgIpc) is 2.36. The molecular formula is C13H20FNO3. The van der Waals surface area contributed by atoms with E-state index in [4.69, 9.17) is 19.9 Å². The Kier molecular flexibility index (Phi) is 7.32. The number of methoxy groups -OCH3 is 1. The lowest BCUT2D eigenvalue weighted by molar-refractivity contribution is 0.0484. The van der Waals surface area contributed by atoms with E-state index in [0.29, 0.717) is 44.3 Å². The molecule has 0 aliphatic heterocycles. The van der Waals surface area contributed by atoms with Gasteiger partial charge in [0, 0.05) is 31.6 Å². The number of nitrogens with two attached hydrogens (primary N) is 1. The molecule has 0 fully saturated rings. The second-order valence-electron chi connectivity index (χ2n) is 3.85. The molecule has 0 radical (unpaired) electrons. The maximum absolute atomic E-state index is 13.0. The van der Waals surface area contributed by atoms with Crippen molar-refractivity contribution in [1.82, 2.24) is 0 Å². The number of rotatable bonds is 9. The monoisotopic (exact) mass is 257 g/mol. The van der Waals surface area contributed by atoms with Gasteiger partial charge in [0.25, 0.3) is 0 Å². The zero-order valence-electron chi connectivity index (χ0n) is 10.7. The number of ether oxygens (including phenoxy) is 3. The first-order valence-electron chi connectivity index (χ1n) is 5.92. The van der Waals surface area contributed by atoms with Crippen molar-refractivity contribution < 1.29 is 18.6 Å². The molecule has 4 nitrogen and oxygen atoms in total. The van der Waals surface area contributed by atoms with Crippen LogP contribution in [0.2, 0.25) is 0 Å². The van der Waals surface area contributed by atoms with Crippen LogP contribution in [0.4, 0.5) is 10.1 Å². The van der Waals surface area contributed by atoms with Gasteiger partial charge in [-0.1, -0.05) is 0 Å². The van der Waals surface area contributed by atoms with Crippen LogP contribution in [0, 0.1) is 5.82 Å². The van der Waals surface area contributed by atoms with E-state index in [2.05, 4.69) is 0 Å². The summed E-state index contributed by atoms with van der Waals surface area (Å²) in [6, 6.07) is 4.27. The average molecular weight is 257 g/mol. The molecule has 102 valence electrons. The van der Waals surface area contributed by atoms with Crippen molar-refractivity contribution in [2.75, 3.05) is 39.3 Å². The fourth-order valence-corrected chi connectivity index (χ4v) is 1.39. The molecule has 0 spiro atoms. The Labute approximate surface area is 107 Å². The lowest BCUT2D eigenvalue weighted by Crippen LogP contribution is -2.06. The van der Waals surface area contributed by atoms with Gasteiger partial charge in [0.05, 0.1) is 19.8 Å². The third-order valence-corrected chi connectivity index (χ3v) is 2.37. The highest BCUT2D eigenvalue weighted by atomic mass is 19.1. The zero-order valence-corrected chi connectivity index (χ0v) is 10.7. The maximum atomic E-state index is 13.0. The van der Waals surface area contributed by atoms with E-state index in [-0.39, 0.29) is 5.82 Å². The maximum Gasteiger partial charge on any atom is 0.123 e. The molecule has 5 heteroatoms. The quantitative estimate of drug-likeness (QED) is 0.543. The SMILES string of the molecule is COCCOCCCOCc1cc(F)ccc1N. The highest BCUT2D eigenvalue weighted by Gasteiger charge is 2.01. The normalized spacial score (nSPS) is 10.8. The van der Waals surface area contributed by atoms with Gasteiger partial charge in [-0.2, -0.15) is 0 Å². The second kappa shape index (κ2) is 8.85. The number of benzene rings is 1. The van der Waals surface area contributed by atoms with E-state index in [1.54, 1.807) is 13.2 Å². The van der Waals surface area contributed by atoms with Crippen LogP contribution in [0.1, 0.15) is 12.0 Å². The van der Waals surface area contributed by atoms with Crippen LogP contribution in [0.3, 0.4) is 0 Å². The first-order chi connectivity index (χ1) is 8.74. The molecule has 18 heavy (non-hydrogen) atoms. The van der Waals surface area contributed by atoms with Gasteiger partial charge in [0.15, 0.2) is 0 Å². The Morgan fingerprint density at radius 2 is 1.89 bits per heavy atom. The Morgan fingerprint density at radius 1 is 1.11 bits per heavy atom. The van der Waals surface area contributed by atoms with Gasteiger partial charge in [0.1, 0.15) is 5.82 Å². The van der Waals surface area contributed by atoms with Crippen LogP contribution in [-0.4, -0.2) is 33.5 Å². The van der Waals surface area contributed by atoms with E-state index in [1.165, 1.54) is 12.1 Å². The molecule has 0 aromatic heterocycles. The van der Waals surface area contributed by atoms with Crippen LogP contribution < -0.4 is 5.73 Å². The summed E-state index contributed by atoms with van der Waals surface area (Å²) in [7, 11) is 1.63. The lowest BCUT2D eigenvalue weighted by atomic mass is 10.2. The molecular weight excluding hydrogens is 237 g/mol. The highest BCUT2D eigenvalue weighted by molar-refractivity contribution is 5.46. The van der Waals surface area contributed by atoms with Gasteiger partial charge in [-0.15, -0.1) is 0 Å². The van der Waals surface area contributed by atoms with Crippen LogP contribution >= 0.6 is 0 Å². The summed E-state index contributed by atoms with van der Waals surface area (Å²) in [6.45, 7) is 2.70. The van der Waals surface area contributed by atoms with E-state index >= 15 is 0 Å². The molecule has 0 aliphatic carbocycles. The molecule has 1 aromatic carbocycles. The minimum atomic E-state index is -0.300. The number of hydrogen-bond acceptors (Lipinski definition) is 4. The first kappa shape index (κ1) is 14.9. The molecule has 0 unspecified atom stereocenters. The van der Waals surface area contributed by atoms with Crippen molar-refractivity contribution in [2.24, 2.45) is 0 Å². The minimum absolute atomic E-state index is 0.300. The summed E-state index contributed by atoms with van der Waals surface area (Å²) in [4.78, 5) is 0. The summed E-state index contributed by atoms with van der Waals surface area (Å²) in [5.74, 6) is -0.300. The van der Waals surface area contributed by atoms with Gasteiger partial charge in [0.2, 0.25) is 0 Å². The summed E-state index contributed by atoms with van der Waals surface area (Å²) in [5.41, 5.74) is 6.92. The standard InChI is InChI=1S/C13H20FNO3/c1-16-7-8-17-5-2-6-18-10-11-9-12(14)3-4-13(11)15/h3-4,9H,2,5-8,10,15H2,1H3. The first-order valence-corrected chi connectivity index (χ1v) is 5.92. The Morgan fingerprint density at radius 3 is 2.67 bits per heavy atom. The predicted molar refractivity (Wildman–Crippen MR) is 67.8 cm³/mol. The molecule has 0 heterocycles. The molecule has 0 amide bonds. The summed E-state index contributed by atoms with van der Waals surface area (Å²) < 4.78 is 28.5. The predicted octanol–water partition coefficient (Wildman–Crippen LogP) is 1.98. The molecule has 0 saturated heterocycles. The summed E-state index contributed by atoms with van der Waals surface area (Å²) >= 11 is 0. The fraction of sp³-hybridized carbons (Fsp3) is 0.538. The van der Waals surface area contributed by atoms with Crippen molar-refractivity contribution in [1.29, 1.82) is 0 Å². The summed E-state index contributed by atoms with van der Waals surface area (Å²) in [6.07, 6.45) is 0.791. The van der Waals surface area contributed by atoms with Crippen LogP contribution in [0.15, 0.2) is 18.2 Å². The van der Waals surface area contributed by atoms with E-state index in [9.17, 15) is 4.39 Å². The molecule has 1 aromatic rings. The highest BCUT2D eigenvalue weighted by Crippen LogP contribution is 2.14. The van der Waals surface area contributed by atoms with Gasteiger partial charge in [-0.25, -0.2) is 4.39 Å². The van der Waals surface area contributed by atoms with Gasteiger partial charge >= 0.3 is 0 Å². The van der Waals surface area contributed by atoms with E-state index in [0.717, 1.165) is 6.42 Å². The minimum Gasteiger partial charge on any atom is -0.398 e. The molecule has 0 atom stereocenters. The number of hydrogen-bond donors (Lipinski definition) is 1. The van der Waals surface area contributed by atoms with Gasteiger partial charge < -0.3 is 19.9 Å². The Balaban J connectivity index is 2.09. The van der Waals surface area contributed by atoms with E-state index < -0.39 is 0 Å². The number of nitrogen functional groups attached to an aromatic ring is 1. The smallest absolute Gasteiger partial charge is 0.123 e. The van der Waals surface area contributed by atoms with Crippen molar-refractivity contribution in [2.45, 2.75) is 13.0 Å². The second-order valence-corrected chi connectivity index (χ2v) is 3.85. The van der Waals surface area contributed by atoms with Crippen LogP contribution in [0.5, 0.6) is 0 Å². The van der Waals surface area contributed by atoms with Crippen molar-refractivity contribution in [3.05, 3.63) is 29.6 Å². The van der Waals surface area contributed by atoms with Gasteiger partial charge in [-0.05, 0) is 24.6 Å². The third-order valence-electron chi connectivity index (χ3n) is 2.37. The Hall–Kier alpha value is -1.17. The topological polar surface area (TPSA) is 53.7 Å². The molecule has 0 aliphatic rings. The van der Waals surface area contributed by atoms with E-state index in [1.807, 2.05) is 0 Å². The summed E-state index contributed by atoms with van der Waals surface area (Å²) in [5, 5.41) is 0. The molecule has 1 rings (SSSR count). The largest absolute Gasteiger partial charge is 0.398 e. The van der Waals surface area contributed by atoms with Crippen molar-refractivity contribution in [3.63, 3.8) is 0 Å². The van der Waals surface area contributed by atoms with Crippen molar-refractivity contribution >= 4 is 5.69 Å². The lowest BCUT2D eigenvalue weighted by Gasteiger charge is -2.07. The molecule has 0 bridgehead atoms. The molecule has 0 saturated carbocycles. The number of halogens is 1. The van der Waals surface area contributed by atoms with Crippen molar-refractivity contribution in [3.8, 4) is 0 Å². The fourth-order valence-electron chi connectivity index (χ4n) is 1.39. The van der Waals surface area contributed by atoms with Crippen LogP contribution in [0.25, 0.3) is 0 Å². The third kappa shape index (κ3) is 5.95. The molecule has 2 N–H and O–H groups in total. The number of anilines is 1. The van der Waals surface area contributed by atoms with Gasteiger partial charge in [-0.3, -0.25) is 0 Å². The van der Waals surface area contributed by atoms with Crippen LogP contribution in [-0.2, 0) is 20.8 Å². The zero-order chi connectivity index (χ0) is 13.2.